The topological polar surface area (TPSA) is 323 Å². The monoisotopic (exact) mass is 1330 g/mol. The van der Waals surface area contributed by atoms with Gasteiger partial charge in [0.25, 0.3) is 5.89 Å². The quantitative estimate of drug-likeness (QED) is 0.133. The lowest BCUT2D eigenvalue weighted by molar-refractivity contribution is 0.0977. The van der Waals surface area contributed by atoms with Gasteiger partial charge < -0.3 is 13.9 Å². The summed E-state index contributed by atoms with van der Waals surface area (Å²) >= 11 is 1.44. The fourth-order valence-corrected chi connectivity index (χ4v) is 10.0. The molecule has 0 aliphatic heterocycles. The van der Waals surface area contributed by atoms with Gasteiger partial charge in [0.1, 0.15) is 16.6 Å². The first-order valence-electron chi connectivity index (χ1n) is 30.5. The molecule has 0 atom stereocenters. The molecule has 0 radical (unpaired) electrons. The van der Waals surface area contributed by atoms with Gasteiger partial charge in [-0.05, 0) is 111 Å². The van der Waals surface area contributed by atoms with Crippen molar-refractivity contribution in [2.24, 2.45) is 0 Å². The smallest absolute Gasteiger partial charge is 0.263 e. The molecule has 23 heteroatoms. The molecule has 0 spiro atoms. The Morgan fingerprint density at radius 2 is 1.00 bits per heavy atom. The Balaban J connectivity index is 0.000000132. The van der Waals surface area contributed by atoms with Crippen molar-refractivity contribution < 1.29 is 47.3 Å². The second-order valence-electron chi connectivity index (χ2n) is 21.7. The third-order valence-corrected chi connectivity index (χ3v) is 15.3. The molecule has 8 heterocycles. The van der Waals surface area contributed by atoms with Crippen LogP contribution in [0.3, 0.4) is 0 Å². The highest BCUT2D eigenvalue weighted by Gasteiger charge is 2.13. The van der Waals surface area contributed by atoms with Crippen molar-refractivity contribution >= 4 is 145 Å². The van der Waals surface area contributed by atoms with Gasteiger partial charge >= 0.3 is 0 Å². The summed E-state index contributed by atoms with van der Waals surface area (Å²) < 4.78 is 11.2. The molecule has 0 aliphatic carbocycles. The number of para-hydroxylation sites is 8. The van der Waals surface area contributed by atoms with Crippen LogP contribution in [0.2, 0.25) is 0 Å². The molecule has 22 nitrogen and oxygen atoms in total. The number of aromatic nitrogens is 12. The van der Waals surface area contributed by atoms with Crippen molar-refractivity contribution in [1.82, 2.24) is 60.4 Å². The van der Waals surface area contributed by atoms with Crippen molar-refractivity contribution in [3.63, 3.8) is 0 Å². The number of Topliss-reactive ketones (excluding diaryl/α,β-unsaturated/α-hetero) is 8. The number of aromatic amines is 2. The van der Waals surface area contributed by atoms with Crippen LogP contribution >= 0.6 is 11.3 Å². The van der Waals surface area contributed by atoms with Gasteiger partial charge in [0, 0.05) is 92.3 Å². The van der Waals surface area contributed by atoms with Gasteiger partial charge in [0.2, 0.25) is 5.78 Å². The van der Waals surface area contributed by atoms with Gasteiger partial charge in [-0.3, -0.25) is 48.3 Å². The number of thiazole rings is 1. The summed E-state index contributed by atoms with van der Waals surface area (Å²) in [6.07, 6.45) is 6.66. The molecule has 99 heavy (non-hydrogen) atoms. The summed E-state index contributed by atoms with van der Waals surface area (Å²) in [7, 11) is 0. The Kier molecular flexibility index (Phi) is 23.7. The van der Waals surface area contributed by atoms with E-state index in [1.54, 1.807) is 69.0 Å². The molecule has 16 aromatic rings. The standard InChI is InChI=1S/2C11H9NO.C10H8N2O.C9H8N2O.2C9H7NO2.C9H7NOS.C8H7N3O/c1-8(13)10-6-9-4-2-3-5-11(9)12-7-10;1-8(13)11-7-12-6-9-4-2-3-5-10(9)11;1-7(13)10-11-6-8-4-2-3-5-9(8)12-10;1-6(12)9-10-7-4-2-3-5-8(7)11-9;1-6(11)9-10-7-4-2-3-5-8(7)12-9;1-6(11)9-7-4-2-3-5-8(7)12-10-9;1-6(11)9-10-7-4-2-3-5-8(7)12-9;1-5(12)6-2-3-7-8(4-6)10-11-9-7/h2*2-7H,1H3;2-6H,1H3;2-5H,1H3,(H,10,11);3*2-5H,1H3;2-4H,1H3,(H,9,10,11). The maximum Gasteiger partial charge on any atom is 0.263 e. The Morgan fingerprint density at radius 1 is 0.394 bits per heavy atom. The van der Waals surface area contributed by atoms with Crippen molar-refractivity contribution in [3.05, 3.63) is 264 Å². The fourth-order valence-electron chi connectivity index (χ4n) is 9.17. The molecule has 0 fully saturated rings. The average molecular weight is 1340 g/mol. The second-order valence-corrected chi connectivity index (χ2v) is 22.7. The first-order valence-corrected chi connectivity index (χ1v) is 31.3. The minimum absolute atomic E-state index is 0.0359. The molecule has 16 rings (SSSR count). The lowest BCUT2D eigenvalue weighted by Crippen LogP contribution is -2.00. The highest BCUT2D eigenvalue weighted by molar-refractivity contribution is 7.20. The Hall–Kier alpha value is -13.0. The molecule has 0 amide bonds. The van der Waals surface area contributed by atoms with E-state index >= 15 is 0 Å². The third-order valence-electron chi connectivity index (χ3n) is 14.2. The summed E-state index contributed by atoms with van der Waals surface area (Å²) in [6, 6.07) is 60.1. The van der Waals surface area contributed by atoms with Crippen LogP contribution in [-0.2, 0) is 0 Å². The van der Waals surface area contributed by atoms with E-state index in [1.165, 1.54) is 52.9 Å². The van der Waals surface area contributed by atoms with E-state index < -0.39 is 0 Å². The first kappa shape index (κ1) is 70.3. The SMILES string of the molecule is CC(=O)c1ccc2n[nH]nc2c1.CC(=O)c1cnc2ccccc2c1.CC(=O)c1cncc2ccccc12.CC(=O)c1nc2ccccc2[nH]1.CC(=O)c1nc2ccccc2o1.CC(=O)c1nc2ccccc2s1.CC(=O)c1ncc2ccccc2n1.CC(=O)c1noc2ccccc12. The number of imidazole rings is 1. The summed E-state index contributed by atoms with van der Waals surface area (Å²) in [4.78, 5) is 119. The Morgan fingerprint density at radius 3 is 1.65 bits per heavy atom. The van der Waals surface area contributed by atoms with E-state index in [2.05, 4.69) is 60.4 Å². The molecule has 8 aromatic carbocycles. The Bertz CT molecular complexity index is 5180. The van der Waals surface area contributed by atoms with E-state index in [0.29, 0.717) is 44.4 Å². The number of nitrogens with zero attached hydrogens (tertiary/aromatic N) is 10. The van der Waals surface area contributed by atoms with E-state index in [0.717, 1.165) is 75.8 Å². The van der Waals surface area contributed by atoms with Crippen LogP contribution in [0.25, 0.3) is 86.9 Å². The minimum atomic E-state index is -0.147. The predicted molar refractivity (Wildman–Crippen MR) is 381 cm³/mol. The molecular formula is C76H62N12O10S. The summed E-state index contributed by atoms with van der Waals surface area (Å²) in [5.74, 6) is 0.716. The molecule has 2 N–H and O–H groups in total. The lowest BCUT2D eigenvalue weighted by atomic mass is 10.1. The number of fused-ring (bicyclic) bond motifs is 8. The van der Waals surface area contributed by atoms with Crippen LogP contribution in [0.4, 0.5) is 0 Å². The van der Waals surface area contributed by atoms with Crippen molar-refractivity contribution in [2.75, 3.05) is 0 Å². The third kappa shape index (κ3) is 18.9. The minimum Gasteiger partial charge on any atom is -0.434 e. The Labute approximate surface area is 568 Å². The molecular weight excluding hydrogens is 1270 g/mol. The van der Waals surface area contributed by atoms with Crippen molar-refractivity contribution in [2.45, 2.75) is 55.4 Å². The molecule has 8 aromatic heterocycles. The molecule has 0 bridgehead atoms. The maximum absolute atomic E-state index is 11.2. The fraction of sp³-hybridized carbons (Fsp3) is 0.105. The summed E-state index contributed by atoms with van der Waals surface area (Å²) in [5, 5.41) is 19.2. The van der Waals surface area contributed by atoms with Gasteiger partial charge in [-0.2, -0.15) is 15.4 Å². The average Bonchev–Trinajstić information content (AvgIpc) is 1.63. The number of hydrogen-bond acceptors (Lipinski definition) is 21. The predicted octanol–water partition coefficient (Wildman–Crippen LogP) is 16.2. The van der Waals surface area contributed by atoms with E-state index in [1.807, 2.05) is 164 Å². The number of rotatable bonds is 8. The number of hydrogen-bond donors (Lipinski definition) is 2. The van der Waals surface area contributed by atoms with Crippen LogP contribution in [-0.4, -0.2) is 107 Å². The highest BCUT2D eigenvalue weighted by Crippen LogP contribution is 2.23. The van der Waals surface area contributed by atoms with Crippen LogP contribution in [0.15, 0.2) is 228 Å². The van der Waals surface area contributed by atoms with Gasteiger partial charge in [0.15, 0.2) is 74.0 Å². The number of nitrogens with one attached hydrogen (secondary N) is 2. The van der Waals surface area contributed by atoms with Gasteiger partial charge in [-0.1, -0.05) is 114 Å². The molecule has 0 unspecified atom stereocenters. The number of ketones is 8. The number of carbonyl (C=O) groups excluding carboxylic acids is 8. The lowest BCUT2D eigenvalue weighted by Gasteiger charge is -2.00. The number of H-pyrrole nitrogens is 2. The zero-order valence-electron chi connectivity index (χ0n) is 54.7. The zero-order chi connectivity index (χ0) is 70.5. The first-order chi connectivity index (χ1) is 47.7. The van der Waals surface area contributed by atoms with Crippen LogP contribution < -0.4 is 0 Å². The van der Waals surface area contributed by atoms with Crippen molar-refractivity contribution in [1.29, 1.82) is 0 Å². The molecule has 0 saturated carbocycles. The van der Waals surface area contributed by atoms with Crippen LogP contribution in [0.1, 0.15) is 139 Å². The normalized spacial score (nSPS) is 10.3. The number of oxazole rings is 1. The van der Waals surface area contributed by atoms with Gasteiger partial charge in [-0.15, -0.1) is 11.3 Å². The summed E-state index contributed by atoms with van der Waals surface area (Å²) in [5.41, 5.74) is 10.3. The van der Waals surface area contributed by atoms with Crippen LogP contribution in [0.5, 0.6) is 0 Å². The number of carbonyl (C=O) groups is 8. The second kappa shape index (κ2) is 33.4. The maximum atomic E-state index is 11.2. The van der Waals surface area contributed by atoms with Crippen molar-refractivity contribution in [3.8, 4) is 0 Å². The number of benzene rings is 8. The van der Waals surface area contributed by atoms with E-state index in [-0.39, 0.29) is 58.0 Å². The summed E-state index contributed by atoms with van der Waals surface area (Å²) in [6.45, 7) is 12.0. The van der Waals surface area contributed by atoms with Gasteiger partial charge in [0.05, 0.1) is 37.7 Å². The van der Waals surface area contributed by atoms with E-state index in [9.17, 15) is 38.4 Å². The highest BCUT2D eigenvalue weighted by atomic mass is 32.1. The molecule has 492 valence electrons. The van der Waals surface area contributed by atoms with Crippen LogP contribution in [0, 0.1) is 0 Å². The molecule has 0 saturated heterocycles. The van der Waals surface area contributed by atoms with E-state index in [4.69, 9.17) is 8.94 Å². The largest absolute Gasteiger partial charge is 0.434 e. The van der Waals surface area contributed by atoms with Gasteiger partial charge in [-0.25, -0.2) is 24.9 Å². The molecule has 0 aliphatic rings. The zero-order valence-corrected chi connectivity index (χ0v) is 55.6. The number of pyridine rings is 2.